The van der Waals surface area contributed by atoms with E-state index in [1.807, 2.05) is 0 Å². The number of hydrogen-bond acceptors (Lipinski definition) is 3. The van der Waals surface area contributed by atoms with Gasteiger partial charge < -0.3 is 16.2 Å². The minimum absolute atomic E-state index is 0.0243. The van der Waals surface area contributed by atoms with Crippen LogP contribution >= 0.6 is 0 Å². The molecule has 76 valence electrons. The Labute approximate surface area is 79.7 Å². The third-order valence-electron chi connectivity index (χ3n) is 4.07. The topological polar surface area (TPSA) is 58.3 Å². The molecule has 0 radical (unpaired) electrons. The summed E-state index contributed by atoms with van der Waals surface area (Å²) in [6.07, 6.45) is 5.58. The predicted octanol–water partition coefficient (Wildman–Crippen LogP) is 0.230. The van der Waals surface area contributed by atoms with Crippen LogP contribution in [0.4, 0.5) is 0 Å². The zero-order valence-electron chi connectivity index (χ0n) is 8.18. The van der Waals surface area contributed by atoms with Gasteiger partial charge in [-0.25, -0.2) is 0 Å². The number of rotatable bonds is 2. The highest BCUT2D eigenvalue weighted by molar-refractivity contribution is 5.06. The molecule has 0 aromatic carbocycles. The van der Waals surface area contributed by atoms with Crippen LogP contribution in [0.1, 0.15) is 32.1 Å². The molecule has 1 aliphatic heterocycles. The molecule has 2 rings (SSSR count). The average Bonchev–Trinajstić information content (AvgIpc) is 2.73. The van der Waals surface area contributed by atoms with Crippen LogP contribution in [0.2, 0.25) is 0 Å². The fourth-order valence-electron chi connectivity index (χ4n) is 3.04. The summed E-state index contributed by atoms with van der Waals surface area (Å²) in [4.78, 5) is 0. The van der Waals surface area contributed by atoms with Crippen LogP contribution in [0.5, 0.6) is 0 Å². The summed E-state index contributed by atoms with van der Waals surface area (Å²) in [5, 5.41) is 13.7. The number of aliphatic hydroxyl groups is 1. The Morgan fingerprint density at radius 2 is 1.92 bits per heavy atom. The van der Waals surface area contributed by atoms with Crippen molar-refractivity contribution in [3.8, 4) is 0 Å². The van der Waals surface area contributed by atoms with Crippen molar-refractivity contribution in [1.82, 2.24) is 5.32 Å². The van der Waals surface area contributed by atoms with Crippen molar-refractivity contribution < 1.29 is 5.11 Å². The standard InChI is InChI=1S/C10H20N2O/c11-7-9(3-1-2-4-9)10(13)5-6-12-8-10/h12-13H,1-8,11H2. The predicted molar refractivity (Wildman–Crippen MR) is 52.4 cm³/mol. The van der Waals surface area contributed by atoms with Crippen molar-refractivity contribution in [3.05, 3.63) is 0 Å². The van der Waals surface area contributed by atoms with E-state index in [0.29, 0.717) is 6.54 Å². The van der Waals surface area contributed by atoms with Crippen LogP contribution in [-0.4, -0.2) is 30.3 Å². The lowest BCUT2D eigenvalue weighted by atomic mass is 9.70. The molecule has 1 atom stereocenters. The van der Waals surface area contributed by atoms with E-state index in [1.54, 1.807) is 0 Å². The molecule has 1 unspecified atom stereocenters. The second-order valence-electron chi connectivity index (χ2n) is 4.65. The molecule has 4 N–H and O–H groups in total. The first-order chi connectivity index (χ1) is 6.22. The van der Waals surface area contributed by atoms with Gasteiger partial charge in [-0.2, -0.15) is 0 Å². The number of nitrogens with one attached hydrogen (secondary N) is 1. The Balaban J connectivity index is 2.18. The third kappa shape index (κ3) is 1.30. The highest BCUT2D eigenvalue weighted by atomic mass is 16.3. The van der Waals surface area contributed by atoms with Gasteiger partial charge >= 0.3 is 0 Å². The molecule has 1 heterocycles. The van der Waals surface area contributed by atoms with Gasteiger partial charge in [-0.15, -0.1) is 0 Å². The fourth-order valence-corrected chi connectivity index (χ4v) is 3.04. The molecule has 0 aromatic rings. The molecule has 1 saturated heterocycles. The van der Waals surface area contributed by atoms with E-state index in [2.05, 4.69) is 5.32 Å². The molecular formula is C10H20N2O. The zero-order chi connectivity index (χ0) is 9.36. The first-order valence-corrected chi connectivity index (χ1v) is 5.36. The van der Waals surface area contributed by atoms with Gasteiger partial charge in [-0.3, -0.25) is 0 Å². The molecule has 1 aliphatic carbocycles. The monoisotopic (exact) mass is 184 g/mol. The maximum atomic E-state index is 10.5. The van der Waals surface area contributed by atoms with E-state index in [-0.39, 0.29) is 5.41 Å². The number of hydrogen-bond donors (Lipinski definition) is 3. The fraction of sp³-hybridized carbons (Fsp3) is 1.00. The van der Waals surface area contributed by atoms with Gasteiger partial charge in [0.1, 0.15) is 0 Å². The van der Waals surface area contributed by atoms with Crippen molar-refractivity contribution in [3.63, 3.8) is 0 Å². The summed E-state index contributed by atoms with van der Waals surface area (Å²) in [7, 11) is 0. The number of β-amino-alcohol motifs (C(OH)–C–C–N with tert-alkyl or cyclic N) is 1. The summed E-state index contributed by atoms with van der Waals surface area (Å²) >= 11 is 0. The van der Waals surface area contributed by atoms with E-state index in [1.165, 1.54) is 12.8 Å². The van der Waals surface area contributed by atoms with Crippen molar-refractivity contribution in [1.29, 1.82) is 0 Å². The summed E-state index contributed by atoms with van der Waals surface area (Å²) in [6.45, 7) is 2.33. The summed E-state index contributed by atoms with van der Waals surface area (Å²) in [5.74, 6) is 0. The minimum atomic E-state index is -0.516. The van der Waals surface area contributed by atoms with Crippen molar-refractivity contribution in [2.45, 2.75) is 37.7 Å². The highest BCUT2D eigenvalue weighted by Crippen LogP contribution is 2.48. The van der Waals surface area contributed by atoms with Gasteiger partial charge in [0.25, 0.3) is 0 Å². The van der Waals surface area contributed by atoms with Crippen LogP contribution in [-0.2, 0) is 0 Å². The zero-order valence-corrected chi connectivity index (χ0v) is 8.18. The minimum Gasteiger partial charge on any atom is -0.388 e. The molecule has 0 bridgehead atoms. The van der Waals surface area contributed by atoms with Crippen molar-refractivity contribution >= 4 is 0 Å². The summed E-state index contributed by atoms with van der Waals surface area (Å²) < 4.78 is 0. The van der Waals surface area contributed by atoms with Gasteiger partial charge in [0.05, 0.1) is 5.60 Å². The first-order valence-electron chi connectivity index (χ1n) is 5.36. The third-order valence-corrected chi connectivity index (χ3v) is 4.07. The summed E-state index contributed by atoms with van der Waals surface area (Å²) in [6, 6.07) is 0. The molecule has 0 spiro atoms. The van der Waals surface area contributed by atoms with Crippen LogP contribution in [0.3, 0.4) is 0 Å². The lowest BCUT2D eigenvalue weighted by molar-refractivity contribution is -0.0615. The average molecular weight is 184 g/mol. The molecule has 0 aromatic heterocycles. The highest BCUT2D eigenvalue weighted by Gasteiger charge is 2.51. The smallest absolute Gasteiger partial charge is 0.0851 e. The van der Waals surface area contributed by atoms with Gasteiger partial charge in [0, 0.05) is 18.5 Å². The SMILES string of the molecule is NCC1(C2(O)CCNC2)CCCC1. The molecular weight excluding hydrogens is 164 g/mol. The van der Waals surface area contributed by atoms with Crippen LogP contribution in [0, 0.1) is 5.41 Å². The second-order valence-corrected chi connectivity index (χ2v) is 4.65. The Morgan fingerprint density at radius 1 is 1.23 bits per heavy atom. The lowest BCUT2D eigenvalue weighted by Gasteiger charge is -2.41. The molecule has 3 nitrogen and oxygen atoms in total. The number of nitrogens with two attached hydrogens (primary N) is 1. The second kappa shape index (κ2) is 3.23. The lowest BCUT2D eigenvalue weighted by Crippen LogP contribution is -2.52. The Kier molecular flexibility index (Phi) is 2.34. The molecule has 0 amide bonds. The van der Waals surface area contributed by atoms with Gasteiger partial charge in [-0.1, -0.05) is 12.8 Å². The molecule has 2 fully saturated rings. The largest absolute Gasteiger partial charge is 0.388 e. The van der Waals surface area contributed by atoms with E-state index in [0.717, 1.165) is 32.4 Å². The quantitative estimate of drug-likeness (QED) is 0.576. The van der Waals surface area contributed by atoms with E-state index in [4.69, 9.17) is 5.73 Å². The van der Waals surface area contributed by atoms with E-state index in [9.17, 15) is 5.11 Å². The Hall–Kier alpha value is -0.120. The molecule has 3 heteroatoms. The van der Waals surface area contributed by atoms with E-state index < -0.39 is 5.60 Å². The first kappa shape index (κ1) is 9.44. The van der Waals surface area contributed by atoms with Gasteiger partial charge in [-0.05, 0) is 25.8 Å². The maximum absolute atomic E-state index is 10.5. The summed E-state index contributed by atoms with van der Waals surface area (Å²) in [5.41, 5.74) is 5.35. The van der Waals surface area contributed by atoms with Crippen molar-refractivity contribution in [2.75, 3.05) is 19.6 Å². The van der Waals surface area contributed by atoms with Crippen LogP contribution in [0.15, 0.2) is 0 Å². The molecule has 13 heavy (non-hydrogen) atoms. The normalized spacial score (nSPS) is 38.3. The Morgan fingerprint density at radius 3 is 2.38 bits per heavy atom. The van der Waals surface area contributed by atoms with E-state index >= 15 is 0 Å². The van der Waals surface area contributed by atoms with Gasteiger partial charge in [0.15, 0.2) is 0 Å². The van der Waals surface area contributed by atoms with Crippen molar-refractivity contribution in [2.24, 2.45) is 11.1 Å². The van der Waals surface area contributed by atoms with Crippen LogP contribution in [0.25, 0.3) is 0 Å². The molecule has 2 aliphatic rings. The Bertz CT molecular complexity index is 181. The molecule has 1 saturated carbocycles. The maximum Gasteiger partial charge on any atom is 0.0851 e. The van der Waals surface area contributed by atoms with Crippen LogP contribution < -0.4 is 11.1 Å². The van der Waals surface area contributed by atoms with Gasteiger partial charge in [0.2, 0.25) is 0 Å².